The summed E-state index contributed by atoms with van der Waals surface area (Å²) < 4.78 is 13.7. The Labute approximate surface area is 110 Å². The van der Waals surface area contributed by atoms with Crippen LogP contribution < -0.4 is 5.32 Å². The molecule has 0 atom stereocenters. The van der Waals surface area contributed by atoms with E-state index in [2.05, 4.69) is 12.2 Å². The molecule has 1 fully saturated rings. The van der Waals surface area contributed by atoms with E-state index in [1.807, 2.05) is 19.1 Å². The average molecular weight is 249 g/mol. The maximum absolute atomic E-state index is 13.7. The second-order valence-electron chi connectivity index (χ2n) is 5.63. The molecule has 0 bridgehead atoms. The van der Waals surface area contributed by atoms with Crippen molar-refractivity contribution in [1.82, 2.24) is 0 Å². The van der Waals surface area contributed by atoms with Crippen LogP contribution in [0.5, 0.6) is 0 Å². The molecule has 0 saturated heterocycles. The van der Waals surface area contributed by atoms with Gasteiger partial charge in [-0.1, -0.05) is 25.8 Å². The topological polar surface area (TPSA) is 12.0 Å². The van der Waals surface area contributed by atoms with Gasteiger partial charge in [0.15, 0.2) is 0 Å². The number of nitrogens with one attached hydrogen (secondary N) is 1. The van der Waals surface area contributed by atoms with Crippen LogP contribution in [-0.2, 0) is 0 Å². The highest BCUT2D eigenvalue weighted by Gasteiger charge is 2.20. The van der Waals surface area contributed by atoms with Gasteiger partial charge in [-0.3, -0.25) is 0 Å². The second kappa shape index (κ2) is 6.21. The molecule has 1 nitrogen and oxygen atoms in total. The summed E-state index contributed by atoms with van der Waals surface area (Å²) >= 11 is 0. The monoisotopic (exact) mass is 249 g/mol. The summed E-state index contributed by atoms with van der Waals surface area (Å²) in [6.45, 7) is 4.18. The lowest BCUT2D eigenvalue weighted by Crippen LogP contribution is -2.26. The number of aryl methyl sites for hydroxylation is 1. The Hall–Kier alpha value is -1.05. The van der Waals surface area contributed by atoms with Crippen molar-refractivity contribution in [2.75, 3.05) is 5.32 Å². The summed E-state index contributed by atoms with van der Waals surface area (Å²) in [5, 5.41) is 3.36. The summed E-state index contributed by atoms with van der Waals surface area (Å²) in [4.78, 5) is 0. The van der Waals surface area contributed by atoms with Crippen LogP contribution in [0.1, 0.15) is 51.0 Å². The Bertz CT molecular complexity index is 381. The van der Waals surface area contributed by atoms with Gasteiger partial charge in [0.1, 0.15) is 5.82 Å². The molecule has 0 unspecified atom stereocenters. The molecule has 100 valence electrons. The van der Waals surface area contributed by atoms with Crippen LogP contribution >= 0.6 is 0 Å². The van der Waals surface area contributed by atoms with Crippen molar-refractivity contribution in [3.8, 4) is 0 Å². The molecule has 0 amide bonds. The zero-order valence-electron chi connectivity index (χ0n) is 11.5. The molecule has 1 aromatic carbocycles. The quantitative estimate of drug-likeness (QED) is 0.800. The van der Waals surface area contributed by atoms with Crippen molar-refractivity contribution in [3.63, 3.8) is 0 Å². The summed E-state index contributed by atoms with van der Waals surface area (Å²) in [5.74, 6) is 0.779. The normalized spacial score (nSPS) is 23.9. The minimum atomic E-state index is -0.120. The van der Waals surface area contributed by atoms with Gasteiger partial charge in [-0.15, -0.1) is 0 Å². The minimum Gasteiger partial charge on any atom is -0.380 e. The highest BCUT2D eigenvalue weighted by atomic mass is 19.1. The predicted molar refractivity (Wildman–Crippen MR) is 75.4 cm³/mol. The fourth-order valence-corrected chi connectivity index (χ4v) is 2.96. The lowest BCUT2D eigenvalue weighted by molar-refractivity contribution is 0.318. The number of halogens is 1. The van der Waals surface area contributed by atoms with Gasteiger partial charge in [-0.2, -0.15) is 0 Å². The SMILES string of the molecule is CCCC1CCC(Nc2ccc(C)cc2F)CC1. The van der Waals surface area contributed by atoms with E-state index >= 15 is 0 Å². The van der Waals surface area contributed by atoms with Gasteiger partial charge in [0.25, 0.3) is 0 Å². The predicted octanol–water partition coefficient (Wildman–Crippen LogP) is 4.90. The van der Waals surface area contributed by atoms with Gasteiger partial charge in [-0.05, 0) is 56.2 Å². The van der Waals surface area contributed by atoms with Crippen molar-refractivity contribution in [2.45, 2.75) is 58.4 Å². The lowest BCUT2D eigenvalue weighted by Gasteiger charge is -2.29. The van der Waals surface area contributed by atoms with E-state index in [0.717, 1.165) is 11.5 Å². The first-order valence-electron chi connectivity index (χ1n) is 7.21. The van der Waals surface area contributed by atoms with E-state index in [-0.39, 0.29) is 5.82 Å². The first-order chi connectivity index (χ1) is 8.69. The number of rotatable bonds is 4. The Balaban J connectivity index is 1.87. The van der Waals surface area contributed by atoms with Gasteiger partial charge in [0.2, 0.25) is 0 Å². The molecule has 0 heterocycles. The maximum Gasteiger partial charge on any atom is 0.146 e. The van der Waals surface area contributed by atoms with E-state index < -0.39 is 0 Å². The van der Waals surface area contributed by atoms with E-state index in [4.69, 9.17) is 0 Å². The minimum absolute atomic E-state index is 0.120. The van der Waals surface area contributed by atoms with E-state index in [9.17, 15) is 4.39 Å². The first kappa shape index (κ1) is 13.4. The molecule has 2 rings (SSSR count). The van der Waals surface area contributed by atoms with Crippen LogP contribution in [0.3, 0.4) is 0 Å². The van der Waals surface area contributed by atoms with Gasteiger partial charge < -0.3 is 5.32 Å². The van der Waals surface area contributed by atoms with Crippen molar-refractivity contribution < 1.29 is 4.39 Å². The van der Waals surface area contributed by atoms with E-state index in [1.165, 1.54) is 38.5 Å². The second-order valence-corrected chi connectivity index (χ2v) is 5.63. The number of hydrogen-bond acceptors (Lipinski definition) is 1. The summed E-state index contributed by atoms with van der Waals surface area (Å²) in [6.07, 6.45) is 7.58. The zero-order valence-corrected chi connectivity index (χ0v) is 11.5. The Kier molecular flexibility index (Phi) is 4.62. The van der Waals surface area contributed by atoms with E-state index in [1.54, 1.807) is 6.07 Å². The largest absolute Gasteiger partial charge is 0.380 e. The van der Waals surface area contributed by atoms with Crippen LogP contribution in [0.2, 0.25) is 0 Å². The summed E-state index contributed by atoms with van der Waals surface area (Å²) in [7, 11) is 0. The molecule has 0 radical (unpaired) electrons. The van der Waals surface area contributed by atoms with Crippen molar-refractivity contribution in [1.29, 1.82) is 0 Å². The average Bonchev–Trinajstić information content (AvgIpc) is 2.35. The standard InChI is InChI=1S/C16H24FN/c1-3-4-13-6-8-14(9-7-13)18-16-10-5-12(2)11-15(16)17/h5,10-11,13-14,18H,3-4,6-9H2,1-2H3. The lowest BCUT2D eigenvalue weighted by atomic mass is 9.83. The van der Waals surface area contributed by atoms with Crippen LogP contribution in [0.15, 0.2) is 18.2 Å². The third-order valence-corrected chi connectivity index (χ3v) is 4.03. The molecule has 0 aromatic heterocycles. The van der Waals surface area contributed by atoms with Crippen molar-refractivity contribution >= 4 is 5.69 Å². The molecule has 1 saturated carbocycles. The number of anilines is 1. The number of benzene rings is 1. The fraction of sp³-hybridized carbons (Fsp3) is 0.625. The maximum atomic E-state index is 13.7. The molecule has 2 heteroatoms. The third kappa shape index (κ3) is 3.47. The summed E-state index contributed by atoms with van der Waals surface area (Å²) in [6, 6.07) is 5.89. The third-order valence-electron chi connectivity index (χ3n) is 4.03. The molecule has 0 spiro atoms. The van der Waals surface area contributed by atoms with Gasteiger partial charge in [-0.25, -0.2) is 4.39 Å². The van der Waals surface area contributed by atoms with Gasteiger partial charge in [0, 0.05) is 6.04 Å². The summed E-state index contributed by atoms with van der Waals surface area (Å²) in [5.41, 5.74) is 1.64. The van der Waals surface area contributed by atoms with Crippen molar-refractivity contribution in [2.24, 2.45) is 5.92 Å². The Morgan fingerprint density at radius 3 is 2.56 bits per heavy atom. The Morgan fingerprint density at radius 1 is 1.22 bits per heavy atom. The fourth-order valence-electron chi connectivity index (χ4n) is 2.96. The first-order valence-corrected chi connectivity index (χ1v) is 7.21. The van der Waals surface area contributed by atoms with Gasteiger partial charge >= 0.3 is 0 Å². The molecule has 1 aliphatic carbocycles. The van der Waals surface area contributed by atoms with Crippen LogP contribution in [0.25, 0.3) is 0 Å². The molecule has 1 aromatic rings. The van der Waals surface area contributed by atoms with Crippen LogP contribution in [-0.4, -0.2) is 6.04 Å². The molecular weight excluding hydrogens is 225 g/mol. The zero-order chi connectivity index (χ0) is 13.0. The van der Waals surface area contributed by atoms with Crippen LogP contribution in [0.4, 0.5) is 10.1 Å². The van der Waals surface area contributed by atoms with E-state index in [0.29, 0.717) is 11.7 Å². The smallest absolute Gasteiger partial charge is 0.146 e. The molecular formula is C16H24FN. The van der Waals surface area contributed by atoms with Crippen LogP contribution in [0, 0.1) is 18.7 Å². The Morgan fingerprint density at radius 2 is 1.94 bits per heavy atom. The highest BCUT2D eigenvalue weighted by Crippen LogP contribution is 2.30. The molecule has 1 aliphatic rings. The molecule has 0 aliphatic heterocycles. The van der Waals surface area contributed by atoms with Gasteiger partial charge in [0.05, 0.1) is 5.69 Å². The highest BCUT2D eigenvalue weighted by molar-refractivity contribution is 5.47. The number of hydrogen-bond donors (Lipinski definition) is 1. The molecule has 1 N–H and O–H groups in total. The van der Waals surface area contributed by atoms with Crippen molar-refractivity contribution in [3.05, 3.63) is 29.6 Å². The molecule has 18 heavy (non-hydrogen) atoms.